The number of halogens is 6. The van der Waals surface area contributed by atoms with Crippen LogP contribution in [0.25, 0.3) is 0 Å². The van der Waals surface area contributed by atoms with Crippen LogP contribution in [0.2, 0.25) is 5.02 Å². The number of benzene rings is 1. The molecule has 1 aliphatic heterocycles. The first-order valence-corrected chi connectivity index (χ1v) is 9.67. The van der Waals surface area contributed by atoms with Gasteiger partial charge in [0.25, 0.3) is 0 Å². The topological polar surface area (TPSA) is 45.2 Å². The minimum atomic E-state index is -4.52. The predicted octanol–water partition coefficient (Wildman–Crippen LogP) is 5.13. The molecule has 3 rings (SSSR count). The number of anilines is 1. The zero-order chi connectivity index (χ0) is 22.1. The number of nitrogens with one attached hydrogen (secondary N) is 1. The smallest absolute Gasteiger partial charge is 0.355 e. The van der Waals surface area contributed by atoms with E-state index in [2.05, 4.69) is 10.3 Å². The molecule has 2 heterocycles. The zero-order valence-corrected chi connectivity index (χ0v) is 16.7. The summed E-state index contributed by atoms with van der Waals surface area (Å²) >= 11 is 5.99. The predicted molar refractivity (Wildman–Crippen MR) is 102 cm³/mol. The Balaban J connectivity index is 1.58. The Morgan fingerprint density at radius 2 is 1.87 bits per heavy atom. The van der Waals surface area contributed by atoms with Gasteiger partial charge in [-0.05, 0) is 43.5 Å². The lowest BCUT2D eigenvalue weighted by atomic mass is 9.95. The van der Waals surface area contributed by atoms with E-state index in [0.717, 1.165) is 24.4 Å². The van der Waals surface area contributed by atoms with Crippen LogP contribution in [-0.2, 0) is 11.0 Å². The van der Waals surface area contributed by atoms with Gasteiger partial charge in [0.05, 0.1) is 16.6 Å². The molecule has 0 radical (unpaired) electrons. The van der Waals surface area contributed by atoms with Crippen molar-refractivity contribution in [1.82, 2.24) is 10.3 Å². The van der Waals surface area contributed by atoms with E-state index in [0.29, 0.717) is 31.5 Å². The maximum Gasteiger partial charge on any atom is 0.417 e. The fraction of sp³-hybridized carbons (Fsp3) is 0.400. The molecule has 10 heteroatoms. The van der Waals surface area contributed by atoms with Gasteiger partial charge in [0.2, 0.25) is 5.91 Å². The van der Waals surface area contributed by atoms with Crippen LogP contribution in [0, 0.1) is 17.6 Å². The highest BCUT2D eigenvalue weighted by Crippen LogP contribution is 2.34. The SMILES string of the molecule is C[C@H](NC(=O)C1CCN(c2ncc(C(F)(F)F)cc2Cl)CC1)c1ccc(F)c(F)c1. The first-order valence-electron chi connectivity index (χ1n) is 9.29. The minimum Gasteiger partial charge on any atom is -0.355 e. The number of pyridine rings is 1. The van der Waals surface area contributed by atoms with Crippen LogP contribution in [0.3, 0.4) is 0 Å². The number of carbonyl (C=O) groups excluding carboxylic acids is 1. The number of hydrogen-bond acceptors (Lipinski definition) is 3. The standard InChI is InChI=1S/C20H19ClF5N3O/c1-11(13-2-3-16(22)17(23)8-13)28-19(30)12-4-6-29(7-5-12)18-15(21)9-14(10-27-18)20(24,25)26/h2-3,8-12H,4-7H2,1H3,(H,28,30)/t11-/m0/s1. The quantitative estimate of drug-likeness (QED) is 0.661. The monoisotopic (exact) mass is 447 g/mol. The number of alkyl halides is 3. The average Bonchev–Trinajstić information content (AvgIpc) is 2.69. The van der Waals surface area contributed by atoms with Crippen molar-refractivity contribution in [3.63, 3.8) is 0 Å². The third-order valence-electron chi connectivity index (χ3n) is 5.12. The van der Waals surface area contributed by atoms with Crippen LogP contribution in [-0.4, -0.2) is 24.0 Å². The molecule has 1 fully saturated rings. The molecule has 1 saturated heterocycles. The third-order valence-corrected chi connectivity index (χ3v) is 5.39. The van der Waals surface area contributed by atoms with Crippen molar-refractivity contribution >= 4 is 23.3 Å². The lowest BCUT2D eigenvalue weighted by Gasteiger charge is -2.33. The molecule has 30 heavy (non-hydrogen) atoms. The summed E-state index contributed by atoms with van der Waals surface area (Å²) in [6.45, 7) is 2.47. The van der Waals surface area contributed by atoms with Crippen molar-refractivity contribution in [1.29, 1.82) is 0 Å². The van der Waals surface area contributed by atoms with Crippen molar-refractivity contribution in [3.8, 4) is 0 Å². The van der Waals surface area contributed by atoms with Crippen LogP contribution in [0.15, 0.2) is 30.5 Å². The van der Waals surface area contributed by atoms with Crippen molar-refractivity contribution in [2.24, 2.45) is 5.92 Å². The molecule has 0 saturated carbocycles. The van der Waals surface area contributed by atoms with Gasteiger partial charge in [-0.1, -0.05) is 17.7 Å². The first-order chi connectivity index (χ1) is 14.1. The molecule has 1 aromatic carbocycles. The Morgan fingerprint density at radius 1 is 1.20 bits per heavy atom. The summed E-state index contributed by atoms with van der Waals surface area (Å²) in [6.07, 6.45) is -2.88. The number of nitrogens with zero attached hydrogens (tertiary/aromatic N) is 2. The Kier molecular flexibility index (Phi) is 6.50. The van der Waals surface area contributed by atoms with E-state index in [-0.39, 0.29) is 22.7 Å². The lowest BCUT2D eigenvalue weighted by molar-refractivity contribution is -0.137. The van der Waals surface area contributed by atoms with Gasteiger partial charge in [-0.25, -0.2) is 13.8 Å². The van der Waals surface area contributed by atoms with Crippen molar-refractivity contribution in [2.75, 3.05) is 18.0 Å². The fourth-order valence-corrected chi connectivity index (χ4v) is 3.65. The summed E-state index contributed by atoms with van der Waals surface area (Å²) in [5.74, 6) is -2.23. The largest absolute Gasteiger partial charge is 0.417 e. The number of piperidine rings is 1. The van der Waals surface area contributed by atoms with Gasteiger partial charge >= 0.3 is 6.18 Å². The Hall–Kier alpha value is -2.42. The zero-order valence-electron chi connectivity index (χ0n) is 15.9. The van der Waals surface area contributed by atoms with Gasteiger partial charge in [0, 0.05) is 25.2 Å². The summed E-state index contributed by atoms with van der Waals surface area (Å²) in [6, 6.07) is 3.79. The van der Waals surface area contributed by atoms with Gasteiger partial charge in [-0.2, -0.15) is 13.2 Å². The molecular weight excluding hydrogens is 429 g/mol. The summed E-state index contributed by atoms with van der Waals surface area (Å²) in [5.41, 5.74) is -0.475. The maximum absolute atomic E-state index is 13.4. The maximum atomic E-state index is 13.4. The minimum absolute atomic E-state index is 0.0975. The normalized spacial score (nSPS) is 16.4. The molecule has 1 aliphatic rings. The van der Waals surface area contributed by atoms with E-state index < -0.39 is 29.4 Å². The molecule has 1 aromatic heterocycles. The number of hydrogen-bond donors (Lipinski definition) is 1. The Labute approximate surface area is 175 Å². The molecule has 1 atom stereocenters. The highest BCUT2D eigenvalue weighted by atomic mass is 35.5. The second kappa shape index (κ2) is 8.75. The molecule has 2 aromatic rings. The summed E-state index contributed by atoms with van der Waals surface area (Å²) in [7, 11) is 0. The van der Waals surface area contributed by atoms with E-state index in [9.17, 15) is 26.7 Å². The van der Waals surface area contributed by atoms with E-state index >= 15 is 0 Å². The summed E-state index contributed by atoms with van der Waals surface area (Å²) < 4.78 is 64.7. The van der Waals surface area contributed by atoms with E-state index in [1.54, 1.807) is 11.8 Å². The number of carbonyl (C=O) groups is 1. The fourth-order valence-electron chi connectivity index (χ4n) is 3.37. The Bertz CT molecular complexity index is 929. The first kappa shape index (κ1) is 22.3. The summed E-state index contributed by atoms with van der Waals surface area (Å²) in [5, 5.41) is 2.69. The molecule has 1 N–H and O–H groups in total. The summed E-state index contributed by atoms with van der Waals surface area (Å²) in [4.78, 5) is 18.1. The number of aromatic nitrogens is 1. The van der Waals surface area contributed by atoms with Gasteiger partial charge in [0.1, 0.15) is 5.82 Å². The third kappa shape index (κ3) is 5.00. The van der Waals surface area contributed by atoms with Crippen molar-refractivity contribution in [3.05, 3.63) is 58.2 Å². The number of rotatable bonds is 4. The van der Waals surface area contributed by atoms with Crippen LogP contribution >= 0.6 is 11.6 Å². The molecule has 162 valence electrons. The van der Waals surface area contributed by atoms with Crippen LogP contribution in [0.1, 0.15) is 36.9 Å². The molecule has 0 spiro atoms. The molecule has 0 bridgehead atoms. The molecular formula is C20H19ClF5N3O. The van der Waals surface area contributed by atoms with Crippen LogP contribution in [0.5, 0.6) is 0 Å². The molecule has 0 aliphatic carbocycles. The van der Waals surface area contributed by atoms with Gasteiger partial charge < -0.3 is 10.2 Å². The van der Waals surface area contributed by atoms with Crippen LogP contribution < -0.4 is 10.2 Å². The van der Waals surface area contributed by atoms with E-state index in [1.165, 1.54) is 6.07 Å². The van der Waals surface area contributed by atoms with Crippen LogP contribution in [0.4, 0.5) is 27.8 Å². The van der Waals surface area contributed by atoms with E-state index in [1.807, 2.05) is 0 Å². The lowest BCUT2D eigenvalue weighted by Crippen LogP contribution is -2.41. The van der Waals surface area contributed by atoms with Crippen molar-refractivity contribution in [2.45, 2.75) is 32.0 Å². The molecule has 4 nitrogen and oxygen atoms in total. The molecule has 1 amide bonds. The van der Waals surface area contributed by atoms with E-state index in [4.69, 9.17) is 11.6 Å². The second-order valence-electron chi connectivity index (χ2n) is 7.19. The highest BCUT2D eigenvalue weighted by molar-refractivity contribution is 6.33. The second-order valence-corrected chi connectivity index (χ2v) is 7.60. The van der Waals surface area contributed by atoms with Gasteiger partial charge in [-0.3, -0.25) is 4.79 Å². The number of amides is 1. The van der Waals surface area contributed by atoms with Gasteiger partial charge in [0.15, 0.2) is 11.6 Å². The molecule has 0 unspecified atom stereocenters. The highest BCUT2D eigenvalue weighted by Gasteiger charge is 2.33. The van der Waals surface area contributed by atoms with Crippen molar-refractivity contribution < 1.29 is 26.7 Å². The van der Waals surface area contributed by atoms with Gasteiger partial charge in [-0.15, -0.1) is 0 Å². The Morgan fingerprint density at radius 3 is 2.43 bits per heavy atom. The average molecular weight is 448 g/mol.